The highest BCUT2D eigenvalue weighted by molar-refractivity contribution is 6.00. The minimum atomic E-state index is -1.80. The third-order valence-corrected chi connectivity index (χ3v) is 16.4. The summed E-state index contributed by atoms with van der Waals surface area (Å²) in [7, 11) is 0. The largest absolute Gasteiger partial charge is 0.550 e. The van der Waals surface area contributed by atoms with Crippen LogP contribution in [-0.4, -0.2) is 193 Å². The highest BCUT2D eigenvalue weighted by Crippen LogP contribution is 2.24. The molecule has 99 heavy (non-hydrogen) atoms. The van der Waals surface area contributed by atoms with Crippen molar-refractivity contribution in [2.24, 2.45) is 28.1 Å². The number of aliphatic hydroxyl groups is 1. The number of nitrogens with zero attached hydrogens (tertiary/aromatic N) is 3. The van der Waals surface area contributed by atoms with Crippen molar-refractivity contribution in [3.05, 3.63) is 120 Å². The number of imidazole rings is 1. The van der Waals surface area contributed by atoms with Crippen LogP contribution >= 0.6 is 0 Å². The number of para-hydroxylation sites is 2. The molecule has 530 valence electrons. The molecule has 0 radical (unpaired) electrons. The number of primary amides is 1. The summed E-state index contributed by atoms with van der Waals surface area (Å²) in [5, 5.41) is 55.4. The van der Waals surface area contributed by atoms with Crippen LogP contribution in [0.1, 0.15) is 88.1 Å². The number of phenolic OH excluding ortho intramolecular Hbond substituents is 1. The number of aromatic hydroxyl groups is 1. The summed E-state index contributed by atoms with van der Waals surface area (Å²) in [6.45, 7) is 3.30. The standard InChI is InChI=1S/C64H82N18O13.C2H4O2/c1-34(2)23-46(56(88)75-45(13-7-21-69-64(66)67)63(95)82-22-8-14-52(82)62(94)72-31-53(65)85)76-58(90)48(25-36-28-70-42-11-5-3-9-40(36)42)78-57(89)47(24-35-15-17-39(84)18-16-35)77-61(93)51(32-83)81-59(91)49(26-37-29-71-43-12-6-4-10-41(37)43)79-60(92)50(27-38-30-68-33-73-38)80-55(87)44-19-20-54(86)74-44;1-2(3)4/h3-6,9-12,15-18,28-30,33-34,44-52,70-71,83-84H,7-8,13-14,19-27,31-32H2,1-2H3,(H2,65,85)(H,68,73)(H,72,94)(H,74,86)(H,75,88)(H,76,90)(H,77,93)(H,78,89)(H,79,92)(H,80,87)(H,81,91)(H4,66,67,69);1H3,(H,3,4)/p-1/t44-,45-,46-,47-,48+,49-,50-,51-,52-;/m0./s1. The van der Waals surface area contributed by atoms with E-state index < -0.39 is 133 Å². The maximum atomic E-state index is 15.1. The van der Waals surface area contributed by atoms with Crippen LogP contribution in [0.2, 0.25) is 0 Å². The van der Waals surface area contributed by atoms with Gasteiger partial charge in [-0.1, -0.05) is 62.4 Å². The molecule has 8 rings (SSSR count). The van der Waals surface area contributed by atoms with E-state index in [1.165, 1.54) is 41.7 Å². The zero-order chi connectivity index (χ0) is 71.9. The molecule has 0 spiro atoms. The Morgan fingerprint density at radius 1 is 0.657 bits per heavy atom. The molecule has 2 saturated heterocycles. The molecule has 3 aromatic heterocycles. The number of nitrogens with one attached hydrogen (secondary N) is 12. The fourth-order valence-electron chi connectivity index (χ4n) is 11.5. The summed E-state index contributed by atoms with van der Waals surface area (Å²) in [6.07, 6.45) is 6.51. The van der Waals surface area contributed by atoms with Crippen molar-refractivity contribution in [3.63, 3.8) is 0 Å². The van der Waals surface area contributed by atoms with Crippen molar-refractivity contribution in [2.45, 2.75) is 146 Å². The average Bonchev–Trinajstić information content (AvgIpc) is 1.77. The van der Waals surface area contributed by atoms with Gasteiger partial charge in [-0.05, 0) is 92.3 Å². The number of aromatic nitrogens is 4. The second kappa shape index (κ2) is 36.1. The number of aliphatic imine (C=N–C) groups is 1. The molecule has 11 amide bonds. The number of hydrogen-bond donors (Lipinski definition) is 17. The van der Waals surface area contributed by atoms with Crippen LogP contribution in [0.5, 0.6) is 5.75 Å². The minimum Gasteiger partial charge on any atom is -0.550 e. The monoisotopic (exact) mass is 1370 g/mol. The summed E-state index contributed by atoms with van der Waals surface area (Å²) in [6, 6.07) is 7.78. The van der Waals surface area contributed by atoms with E-state index in [2.05, 4.69) is 72.8 Å². The molecule has 20 N–H and O–H groups in total. The van der Waals surface area contributed by atoms with Gasteiger partial charge >= 0.3 is 0 Å². The second-order valence-electron chi connectivity index (χ2n) is 24.5. The number of guanidine groups is 1. The van der Waals surface area contributed by atoms with Crippen molar-refractivity contribution in [1.82, 2.24) is 72.7 Å². The summed E-state index contributed by atoms with van der Waals surface area (Å²) in [4.78, 5) is 181. The smallest absolute Gasteiger partial charge is 0.245 e. The minimum absolute atomic E-state index is 0.00905. The van der Waals surface area contributed by atoms with Gasteiger partial charge in [-0.3, -0.25) is 57.7 Å². The van der Waals surface area contributed by atoms with Crippen LogP contribution in [0.15, 0.2) is 103 Å². The second-order valence-corrected chi connectivity index (χ2v) is 24.5. The van der Waals surface area contributed by atoms with E-state index in [-0.39, 0.29) is 101 Å². The average molecular weight is 1370 g/mol. The van der Waals surface area contributed by atoms with E-state index in [1.807, 2.05) is 0 Å². The van der Waals surface area contributed by atoms with Crippen LogP contribution in [0.25, 0.3) is 21.8 Å². The first-order valence-electron chi connectivity index (χ1n) is 32.2. The SMILES string of the molecule is CC(=O)[O-].CC(C)C[C@H](NC(=O)[C@@H](Cc1c[nH]c2ccccc12)NC(=O)[C@H](Cc1ccc(O)cc1)NC(=O)[C@H](CO)NC(=O)[C@H](Cc1c[nH]c2ccccc12)NC(=O)[C@H](Cc1cnc[nH]1)NC(=O)[C@@H]1CCC(=O)N1)C(=O)N[C@@H](CCCN=C(N)N)C(=O)N1CCC[C@H]1C(=O)NCC(N)=O. The molecule has 2 fully saturated rings. The fraction of sp³-hybridized carbons (Fsp3) is 0.424. The van der Waals surface area contributed by atoms with Gasteiger partial charge in [-0.25, -0.2) is 4.98 Å². The summed E-state index contributed by atoms with van der Waals surface area (Å²) in [5.74, 6) is -10.1. The summed E-state index contributed by atoms with van der Waals surface area (Å²) >= 11 is 0. The highest BCUT2D eigenvalue weighted by Gasteiger charge is 2.40. The molecule has 0 unspecified atom stereocenters. The van der Waals surface area contributed by atoms with Crippen molar-refractivity contribution in [2.75, 3.05) is 26.2 Å². The maximum Gasteiger partial charge on any atom is 0.245 e. The Labute approximate surface area is 568 Å². The maximum absolute atomic E-state index is 15.1. The van der Waals surface area contributed by atoms with Gasteiger partial charge < -0.3 is 105 Å². The summed E-state index contributed by atoms with van der Waals surface area (Å²) in [5.41, 5.74) is 19.8. The van der Waals surface area contributed by atoms with Crippen molar-refractivity contribution >= 4 is 98.7 Å². The molecule has 6 aromatic rings. The zero-order valence-electron chi connectivity index (χ0n) is 54.9. The predicted octanol–water partition coefficient (Wildman–Crippen LogP) is -3.54. The number of amides is 11. The molecule has 3 aromatic carbocycles. The lowest BCUT2D eigenvalue weighted by molar-refractivity contribution is -0.302. The number of carbonyl (C=O) groups excluding carboxylic acids is 12. The van der Waals surface area contributed by atoms with E-state index >= 15 is 9.59 Å². The lowest BCUT2D eigenvalue weighted by Crippen LogP contribution is -2.61. The fourth-order valence-corrected chi connectivity index (χ4v) is 11.5. The number of rotatable bonds is 33. The van der Waals surface area contributed by atoms with Gasteiger partial charge in [0, 0.05) is 97.3 Å². The number of nitrogens with two attached hydrogens (primary N) is 3. The van der Waals surface area contributed by atoms with Crippen LogP contribution in [0.3, 0.4) is 0 Å². The molecule has 33 nitrogen and oxygen atoms in total. The molecular weight excluding hydrogens is 1280 g/mol. The number of benzene rings is 3. The van der Waals surface area contributed by atoms with E-state index in [0.29, 0.717) is 50.6 Å². The first-order valence-corrected chi connectivity index (χ1v) is 32.2. The molecule has 2 aliphatic heterocycles. The number of carbonyl (C=O) groups is 12. The Morgan fingerprint density at radius 3 is 1.69 bits per heavy atom. The first kappa shape index (κ1) is 75.0. The van der Waals surface area contributed by atoms with Crippen LogP contribution in [-0.2, 0) is 83.2 Å². The topological polar surface area (TPSA) is 531 Å². The third-order valence-electron chi connectivity index (χ3n) is 16.4. The van der Waals surface area contributed by atoms with Gasteiger partial charge in [0.25, 0.3) is 0 Å². The van der Waals surface area contributed by atoms with Gasteiger partial charge in [0.05, 0.1) is 19.5 Å². The number of H-pyrrole nitrogens is 3. The molecule has 0 saturated carbocycles. The Balaban J connectivity index is 0.00000335. The van der Waals surface area contributed by atoms with Crippen LogP contribution in [0.4, 0.5) is 0 Å². The van der Waals surface area contributed by atoms with Crippen LogP contribution in [0, 0.1) is 5.92 Å². The van der Waals surface area contributed by atoms with Crippen LogP contribution < -0.4 is 70.2 Å². The molecule has 5 heterocycles. The predicted molar refractivity (Wildman–Crippen MR) is 357 cm³/mol. The quantitative estimate of drug-likeness (QED) is 0.0108. The van der Waals surface area contributed by atoms with Gasteiger partial charge in [-0.2, -0.15) is 0 Å². The molecular formula is C66H85N18O15-. The van der Waals surface area contributed by atoms with E-state index in [4.69, 9.17) is 27.1 Å². The summed E-state index contributed by atoms with van der Waals surface area (Å²) < 4.78 is 0. The third kappa shape index (κ3) is 22.3. The van der Waals surface area contributed by atoms with Gasteiger partial charge in [0.15, 0.2) is 5.96 Å². The molecule has 0 bridgehead atoms. The molecule has 9 atom stereocenters. The number of carboxylic acids is 1. The normalized spacial score (nSPS) is 16.2. The van der Waals surface area contributed by atoms with Crippen molar-refractivity contribution in [1.29, 1.82) is 0 Å². The van der Waals surface area contributed by atoms with E-state index in [1.54, 1.807) is 74.8 Å². The Morgan fingerprint density at radius 2 is 1.17 bits per heavy atom. The first-order chi connectivity index (χ1) is 47.3. The number of aliphatic hydroxyl groups excluding tert-OH is 1. The number of aromatic amines is 3. The zero-order valence-corrected chi connectivity index (χ0v) is 54.9. The molecule has 33 heteroatoms. The number of fused-ring (bicyclic) bond motifs is 2. The van der Waals surface area contributed by atoms with Gasteiger partial charge in [0.1, 0.15) is 60.1 Å². The Bertz CT molecular complexity index is 3860. The van der Waals surface area contributed by atoms with Crippen molar-refractivity contribution < 1.29 is 72.9 Å². The molecule has 2 aliphatic rings. The van der Waals surface area contributed by atoms with Gasteiger partial charge in [0.2, 0.25) is 65.0 Å². The Kier molecular flexibility index (Phi) is 27.4. The lowest BCUT2D eigenvalue weighted by Gasteiger charge is -2.30. The van der Waals surface area contributed by atoms with E-state index in [9.17, 15) is 53.4 Å². The van der Waals surface area contributed by atoms with Gasteiger partial charge in [-0.15, -0.1) is 0 Å². The van der Waals surface area contributed by atoms with E-state index in [0.717, 1.165) is 6.92 Å². The molecule has 0 aliphatic carbocycles. The number of carboxylic acid groups (broad SMARTS) is 1. The number of aliphatic carboxylic acids is 1. The number of hydrogen-bond acceptors (Lipinski definition) is 17. The lowest BCUT2D eigenvalue weighted by atomic mass is 9.99. The Hall–Kier alpha value is -11.4. The number of likely N-dealkylation sites (tertiary alicyclic amines) is 1. The van der Waals surface area contributed by atoms with Crippen molar-refractivity contribution in [3.8, 4) is 5.75 Å². The number of phenols is 1. The highest BCUT2D eigenvalue weighted by atomic mass is 16.4.